The molecule has 0 aromatic rings. The van der Waals surface area contributed by atoms with Gasteiger partial charge in [0.15, 0.2) is 0 Å². The van der Waals surface area contributed by atoms with E-state index in [-0.39, 0.29) is 0 Å². The van der Waals surface area contributed by atoms with Crippen LogP contribution in [0.25, 0.3) is 0 Å². The van der Waals surface area contributed by atoms with Crippen LogP contribution in [0.3, 0.4) is 0 Å². The zero-order valence-corrected chi connectivity index (χ0v) is 9.26. The molecule has 0 unspecified atom stereocenters. The maximum Gasteiger partial charge on any atom is 0.133 e. The van der Waals surface area contributed by atoms with Gasteiger partial charge in [-0.2, -0.15) is 0 Å². The lowest BCUT2D eigenvalue weighted by Crippen LogP contribution is -2.21. The van der Waals surface area contributed by atoms with Gasteiger partial charge in [0.1, 0.15) is 5.78 Å². The minimum atomic E-state index is 0.370. The molecular formula is C12H22O2. The Kier molecular flexibility index (Phi) is 5.85. The van der Waals surface area contributed by atoms with Crippen LogP contribution < -0.4 is 0 Å². The summed E-state index contributed by atoms with van der Waals surface area (Å²) >= 11 is 0. The van der Waals surface area contributed by atoms with E-state index < -0.39 is 0 Å². The van der Waals surface area contributed by atoms with Gasteiger partial charge in [-0.25, -0.2) is 0 Å². The Hall–Kier alpha value is -0.370. The predicted octanol–water partition coefficient (Wildman–Crippen LogP) is 3.10. The van der Waals surface area contributed by atoms with Crippen molar-refractivity contribution in [2.24, 2.45) is 0 Å². The molecule has 2 heteroatoms. The fourth-order valence-corrected chi connectivity index (χ4v) is 1.86. The first-order chi connectivity index (χ1) is 6.83. The molecular weight excluding hydrogens is 176 g/mol. The molecule has 0 aromatic carbocycles. The molecule has 1 aliphatic carbocycles. The van der Waals surface area contributed by atoms with Crippen LogP contribution in [0.15, 0.2) is 0 Å². The second-order valence-corrected chi connectivity index (χ2v) is 4.17. The second kappa shape index (κ2) is 6.99. The van der Waals surface area contributed by atoms with Gasteiger partial charge in [-0.05, 0) is 19.3 Å². The summed E-state index contributed by atoms with van der Waals surface area (Å²) in [4.78, 5) is 11.0. The Balaban J connectivity index is 1.94. The number of hydrogen-bond donors (Lipinski definition) is 0. The van der Waals surface area contributed by atoms with Crippen molar-refractivity contribution in [3.05, 3.63) is 0 Å². The highest BCUT2D eigenvalue weighted by Gasteiger charge is 2.18. The summed E-state index contributed by atoms with van der Waals surface area (Å²) in [5.41, 5.74) is 0. The number of Topliss-reactive ketones (excluding diaryl/α,β-unsaturated/α-hetero) is 1. The number of ketones is 1. The van der Waals surface area contributed by atoms with Crippen molar-refractivity contribution in [2.45, 2.75) is 64.4 Å². The second-order valence-electron chi connectivity index (χ2n) is 4.17. The maximum atomic E-state index is 11.0. The smallest absolute Gasteiger partial charge is 0.133 e. The number of hydrogen-bond acceptors (Lipinski definition) is 2. The van der Waals surface area contributed by atoms with Crippen molar-refractivity contribution in [2.75, 3.05) is 6.61 Å². The Labute approximate surface area is 87.0 Å². The molecule has 82 valence electrons. The average molecular weight is 198 g/mol. The van der Waals surface area contributed by atoms with Crippen LogP contribution in [0.4, 0.5) is 0 Å². The van der Waals surface area contributed by atoms with E-state index in [0.717, 1.165) is 32.3 Å². The fraction of sp³-hybridized carbons (Fsp3) is 0.917. The number of unbranched alkanes of at least 4 members (excludes halogenated alkanes) is 3. The predicted molar refractivity (Wildman–Crippen MR) is 57.4 cm³/mol. The Morgan fingerprint density at radius 1 is 1.21 bits per heavy atom. The molecule has 0 spiro atoms. The summed E-state index contributed by atoms with van der Waals surface area (Å²) < 4.78 is 5.73. The zero-order chi connectivity index (χ0) is 10.2. The molecule has 0 amide bonds. The first kappa shape index (κ1) is 11.7. The van der Waals surface area contributed by atoms with E-state index in [1.807, 2.05) is 0 Å². The lowest BCUT2D eigenvalue weighted by molar-refractivity contribution is -0.123. The van der Waals surface area contributed by atoms with E-state index in [9.17, 15) is 4.79 Å². The standard InChI is InChI=1S/C12H22O2/c1-2-3-4-5-10-14-12-8-6-11(13)7-9-12/h12H,2-10H2,1H3. The molecule has 0 aliphatic heterocycles. The molecule has 1 aliphatic rings. The van der Waals surface area contributed by atoms with Crippen LogP contribution in [-0.2, 0) is 9.53 Å². The largest absolute Gasteiger partial charge is 0.378 e. The number of ether oxygens (including phenoxy) is 1. The van der Waals surface area contributed by atoms with Crippen LogP contribution >= 0.6 is 0 Å². The summed E-state index contributed by atoms with van der Waals surface area (Å²) in [6.07, 6.45) is 8.79. The first-order valence-corrected chi connectivity index (χ1v) is 5.96. The quantitative estimate of drug-likeness (QED) is 0.613. The molecule has 14 heavy (non-hydrogen) atoms. The average Bonchev–Trinajstić information content (AvgIpc) is 2.21. The molecule has 1 rings (SSSR count). The Morgan fingerprint density at radius 3 is 2.57 bits per heavy atom. The van der Waals surface area contributed by atoms with Gasteiger partial charge >= 0.3 is 0 Å². The lowest BCUT2D eigenvalue weighted by atomic mass is 9.96. The van der Waals surface area contributed by atoms with Crippen molar-refractivity contribution in [3.63, 3.8) is 0 Å². The van der Waals surface area contributed by atoms with Gasteiger partial charge in [0.2, 0.25) is 0 Å². The van der Waals surface area contributed by atoms with E-state index in [2.05, 4.69) is 6.92 Å². The van der Waals surface area contributed by atoms with Crippen LogP contribution in [-0.4, -0.2) is 18.5 Å². The molecule has 0 aromatic heterocycles. The topological polar surface area (TPSA) is 26.3 Å². The molecule has 1 fully saturated rings. The van der Waals surface area contributed by atoms with E-state index in [4.69, 9.17) is 4.74 Å². The van der Waals surface area contributed by atoms with Gasteiger partial charge < -0.3 is 4.74 Å². The van der Waals surface area contributed by atoms with Gasteiger partial charge in [-0.15, -0.1) is 0 Å². The third kappa shape index (κ3) is 4.75. The van der Waals surface area contributed by atoms with E-state index >= 15 is 0 Å². The molecule has 1 saturated carbocycles. The number of rotatable bonds is 6. The van der Waals surface area contributed by atoms with Crippen molar-refractivity contribution in [1.29, 1.82) is 0 Å². The van der Waals surface area contributed by atoms with Crippen LogP contribution in [0.1, 0.15) is 58.3 Å². The summed E-state index contributed by atoms with van der Waals surface area (Å²) in [6, 6.07) is 0. The van der Waals surface area contributed by atoms with E-state index in [0.29, 0.717) is 11.9 Å². The van der Waals surface area contributed by atoms with Crippen molar-refractivity contribution < 1.29 is 9.53 Å². The zero-order valence-electron chi connectivity index (χ0n) is 9.26. The minimum Gasteiger partial charge on any atom is -0.378 e. The van der Waals surface area contributed by atoms with Gasteiger partial charge in [0.05, 0.1) is 6.10 Å². The third-order valence-corrected chi connectivity index (χ3v) is 2.84. The normalized spacial score (nSPS) is 18.8. The number of carbonyl (C=O) groups excluding carboxylic acids is 1. The van der Waals surface area contributed by atoms with E-state index in [1.54, 1.807) is 0 Å². The van der Waals surface area contributed by atoms with Gasteiger partial charge in [0.25, 0.3) is 0 Å². The van der Waals surface area contributed by atoms with Gasteiger partial charge in [0, 0.05) is 19.4 Å². The van der Waals surface area contributed by atoms with Crippen molar-refractivity contribution >= 4 is 5.78 Å². The summed E-state index contributed by atoms with van der Waals surface area (Å²) in [5.74, 6) is 0.413. The highest BCUT2D eigenvalue weighted by Crippen LogP contribution is 2.18. The third-order valence-electron chi connectivity index (χ3n) is 2.84. The van der Waals surface area contributed by atoms with E-state index in [1.165, 1.54) is 25.7 Å². The monoisotopic (exact) mass is 198 g/mol. The van der Waals surface area contributed by atoms with Crippen LogP contribution in [0, 0.1) is 0 Å². The summed E-state index contributed by atoms with van der Waals surface area (Å²) in [6.45, 7) is 3.10. The lowest BCUT2D eigenvalue weighted by Gasteiger charge is -2.21. The Morgan fingerprint density at radius 2 is 1.93 bits per heavy atom. The summed E-state index contributed by atoms with van der Waals surface area (Å²) in [7, 11) is 0. The Bertz CT molecular complexity index is 156. The number of carbonyl (C=O) groups is 1. The summed E-state index contributed by atoms with van der Waals surface area (Å²) in [5, 5.41) is 0. The van der Waals surface area contributed by atoms with Crippen LogP contribution in [0.2, 0.25) is 0 Å². The van der Waals surface area contributed by atoms with Gasteiger partial charge in [-0.1, -0.05) is 26.2 Å². The first-order valence-electron chi connectivity index (χ1n) is 5.96. The van der Waals surface area contributed by atoms with Crippen molar-refractivity contribution in [1.82, 2.24) is 0 Å². The molecule has 0 bridgehead atoms. The molecule has 0 heterocycles. The van der Waals surface area contributed by atoms with Crippen LogP contribution in [0.5, 0.6) is 0 Å². The van der Waals surface area contributed by atoms with Crippen molar-refractivity contribution in [3.8, 4) is 0 Å². The maximum absolute atomic E-state index is 11.0. The highest BCUT2D eigenvalue weighted by molar-refractivity contribution is 5.79. The molecule has 0 saturated heterocycles. The van der Waals surface area contributed by atoms with Gasteiger partial charge in [-0.3, -0.25) is 4.79 Å². The molecule has 0 atom stereocenters. The molecule has 0 radical (unpaired) electrons. The fourth-order valence-electron chi connectivity index (χ4n) is 1.86. The minimum absolute atomic E-state index is 0.370. The SMILES string of the molecule is CCCCCCOC1CCC(=O)CC1. The molecule has 2 nitrogen and oxygen atoms in total. The molecule has 0 N–H and O–H groups in total. The highest BCUT2D eigenvalue weighted by atomic mass is 16.5.